The topological polar surface area (TPSA) is 109 Å². The van der Waals surface area contributed by atoms with Crippen molar-refractivity contribution in [3.05, 3.63) is 35.4 Å². The predicted octanol–water partition coefficient (Wildman–Crippen LogP) is 2.46. The van der Waals surface area contributed by atoms with E-state index in [0.717, 1.165) is 0 Å². The first-order chi connectivity index (χ1) is 16.7. The van der Waals surface area contributed by atoms with Crippen molar-refractivity contribution >= 4 is 11.8 Å². The molecule has 1 heterocycles. The number of carbonyl (C=O) groups excluding carboxylic acids is 2. The van der Waals surface area contributed by atoms with Crippen LogP contribution >= 0.6 is 0 Å². The molecule has 8 nitrogen and oxygen atoms in total. The minimum Gasteiger partial charge on any atom is -0.389 e. The summed E-state index contributed by atoms with van der Waals surface area (Å²) >= 11 is 0. The molecule has 1 aliphatic rings. The van der Waals surface area contributed by atoms with E-state index in [1.807, 2.05) is 0 Å². The minimum atomic E-state index is -4.69. The van der Waals surface area contributed by atoms with Crippen LogP contribution in [0.4, 0.5) is 13.2 Å². The van der Waals surface area contributed by atoms with Gasteiger partial charge >= 0.3 is 6.18 Å². The van der Waals surface area contributed by atoms with Crippen molar-refractivity contribution in [1.29, 1.82) is 5.26 Å². The molecule has 36 heavy (non-hydrogen) atoms. The molecule has 1 aromatic carbocycles. The zero-order valence-corrected chi connectivity index (χ0v) is 21.2. The maximum Gasteiger partial charge on any atom is 0.407 e. The van der Waals surface area contributed by atoms with Crippen LogP contribution in [0.2, 0.25) is 0 Å². The standard InChI is InChI=1S/C25H36F3N5O3/c1-17(2)15-20(22(34)30-10-9-29)31-21(25(26,27)28)18-5-7-19(8-6-18)23(35)33-13-11-32(12-14-33)16-24(3,4)36/h5-8,17,20-21,31,36H,10-16H2,1-4H3,(H,30,34)/t20-,21?/m0/s1. The molecule has 0 saturated carbocycles. The number of halogens is 3. The van der Waals surface area contributed by atoms with Gasteiger partial charge in [-0.2, -0.15) is 18.4 Å². The Morgan fingerprint density at radius 3 is 2.17 bits per heavy atom. The monoisotopic (exact) mass is 511 g/mol. The Bertz CT molecular complexity index is 915. The summed E-state index contributed by atoms with van der Waals surface area (Å²) in [5, 5.41) is 23.4. The number of piperazine rings is 1. The molecule has 0 aliphatic carbocycles. The molecule has 1 saturated heterocycles. The number of aliphatic hydroxyl groups is 1. The normalized spacial score (nSPS) is 16.9. The maximum absolute atomic E-state index is 14.0. The largest absolute Gasteiger partial charge is 0.407 e. The number of amides is 2. The van der Waals surface area contributed by atoms with Crippen LogP contribution < -0.4 is 10.6 Å². The van der Waals surface area contributed by atoms with Crippen molar-refractivity contribution in [1.82, 2.24) is 20.4 Å². The van der Waals surface area contributed by atoms with Crippen LogP contribution in [0, 0.1) is 17.2 Å². The summed E-state index contributed by atoms with van der Waals surface area (Å²) in [6.07, 6.45) is -4.53. The minimum absolute atomic E-state index is 0.0619. The molecule has 2 atom stereocenters. The summed E-state index contributed by atoms with van der Waals surface area (Å²) in [6.45, 7) is 9.32. The molecule has 0 radical (unpaired) electrons. The predicted molar refractivity (Wildman–Crippen MR) is 129 cm³/mol. The Balaban J connectivity index is 2.13. The van der Waals surface area contributed by atoms with E-state index in [2.05, 4.69) is 15.5 Å². The molecule has 200 valence electrons. The van der Waals surface area contributed by atoms with E-state index < -0.39 is 29.8 Å². The summed E-state index contributed by atoms with van der Waals surface area (Å²) in [5.74, 6) is -1.00. The molecule has 1 unspecified atom stereocenters. The van der Waals surface area contributed by atoms with Crippen LogP contribution in [0.15, 0.2) is 24.3 Å². The van der Waals surface area contributed by atoms with Gasteiger partial charge in [-0.1, -0.05) is 26.0 Å². The van der Waals surface area contributed by atoms with Gasteiger partial charge < -0.3 is 15.3 Å². The fourth-order valence-electron chi connectivity index (χ4n) is 4.21. The number of nitrogens with one attached hydrogen (secondary N) is 2. The Kier molecular flexibility index (Phi) is 10.3. The van der Waals surface area contributed by atoms with E-state index in [1.165, 1.54) is 24.3 Å². The van der Waals surface area contributed by atoms with E-state index in [0.29, 0.717) is 32.7 Å². The second-order valence-electron chi connectivity index (χ2n) is 10.2. The molecule has 0 spiro atoms. The Hall–Kier alpha value is -2.68. The smallest absolute Gasteiger partial charge is 0.389 e. The average molecular weight is 512 g/mol. The number of rotatable bonds is 10. The lowest BCUT2D eigenvalue weighted by atomic mass is 9.98. The fraction of sp³-hybridized carbons (Fsp3) is 0.640. The molecule has 11 heteroatoms. The molecular formula is C25H36F3N5O3. The molecule has 1 aliphatic heterocycles. The first-order valence-electron chi connectivity index (χ1n) is 12.0. The SMILES string of the molecule is CC(C)C[C@H](NC(c1ccc(C(=O)N2CCN(CC(C)(C)O)CC2)cc1)C(F)(F)F)C(=O)NCC#N. The third-order valence-electron chi connectivity index (χ3n) is 5.82. The van der Waals surface area contributed by atoms with E-state index >= 15 is 0 Å². The lowest BCUT2D eigenvalue weighted by Crippen LogP contribution is -2.52. The van der Waals surface area contributed by atoms with Crippen molar-refractivity contribution < 1.29 is 27.9 Å². The zero-order valence-electron chi connectivity index (χ0n) is 21.2. The van der Waals surface area contributed by atoms with Gasteiger partial charge in [-0.05, 0) is 43.9 Å². The number of alkyl halides is 3. The number of nitriles is 1. The highest BCUT2D eigenvalue weighted by Crippen LogP contribution is 2.34. The van der Waals surface area contributed by atoms with Gasteiger partial charge in [-0.15, -0.1) is 0 Å². The summed E-state index contributed by atoms with van der Waals surface area (Å²) in [7, 11) is 0. The number of nitrogens with zero attached hydrogens (tertiary/aromatic N) is 3. The van der Waals surface area contributed by atoms with Gasteiger partial charge in [-0.3, -0.25) is 19.8 Å². The number of hydrogen-bond acceptors (Lipinski definition) is 6. The zero-order chi connectivity index (χ0) is 27.1. The van der Waals surface area contributed by atoms with E-state index in [-0.39, 0.29) is 35.9 Å². The van der Waals surface area contributed by atoms with Crippen molar-refractivity contribution in [2.24, 2.45) is 5.92 Å². The lowest BCUT2D eigenvalue weighted by molar-refractivity contribution is -0.161. The van der Waals surface area contributed by atoms with Gasteiger partial charge in [0.05, 0.1) is 17.7 Å². The van der Waals surface area contributed by atoms with Gasteiger partial charge in [0.25, 0.3) is 5.91 Å². The van der Waals surface area contributed by atoms with E-state index in [4.69, 9.17) is 5.26 Å². The molecule has 0 bridgehead atoms. The molecule has 2 rings (SSSR count). The average Bonchev–Trinajstić information content (AvgIpc) is 2.78. The van der Waals surface area contributed by atoms with E-state index in [9.17, 15) is 27.9 Å². The maximum atomic E-state index is 14.0. The van der Waals surface area contributed by atoms with Crippen LogP contribution in [0.25, 0.3) is 0 Å². The highest BCUT2D eigenvalue weighted by Gasteiger charge is 2.43. The van der Waals surface area contributed by atoms with Crippen LogP contribution in [0.3, 0.4) is 0 Å². The molecule has 0 aromatic heterocycles. The van der Waals surface area contributed by atoms with Crippen molar-refractivity contribution in [3.8, 4) is 6.07 Å². The van der Waals surface area contributed by atoms with Gasteiger partial charge in [-0.25, -0.2) is 0 Å². The Morgan fingerprint density at radius 1 is 1.11 bits per heavy atom. The summed E-state index contributed by atoms with van der Waals surface area (Å²) in [5.41, 5.74) is -0.674. The number of carbonyl (C=O) groups is 2. The lowest BCUT2D eigenvalue weighted by Gasteiger charge is -2.37. The van der Waals surface area contributed by atoms with Crippen molar-refractivity contribution in [3.63, 3.8) is 0 Å². The fourth-order valence-corrected chi connectivity index (χ4v) is 4.21. The molecule has 3 N–H and O–H groups in total. The highest BCUT2D eigenvalue weighted by molar-refractivity contribution is 5.94. The third kappa shape index (κ3) is 9.08. The van der Waals surface area contributed by atoms with Crippen LogP contribution in [-0.2, 0) is 4.79 Å². The number of β-amino-alcohol motifs (C(OH)–C–C–N with tert-alkyl or cyclic N) is 1. The Labute approximate surface area is 210 Å². The van der Waals surface area contributed by atoms with Crippen LogP contribution in [-0.4, -0.2) is 83.8 Å². The van der Waals surface area contributed by atoms with Gasteiger partial charge in [0.2, 0.25) is 5.91 Å². The summed E-state index contributed by atoms with van der Waals surface area (Å²) in [6, 6.07) is 3.72. The van der Waals surface area contributed by atoms with Gasteiger partial charge in [0.15, 0.2) is 0 Å². The second-order valence-corrected chi connectivity index (χ2v) is 10.2. The first-order valence-corrected chi connectivity index (χ1v) is 12.0. The molecular weight excluding hydrogens is 475 g/mol. The Morgan fingerprint density at radius 2 is 1.69 bits per heavy atom. The molecule has 1 fully saturated rings. The molecule has 1 aromatic rings. The van der Waals surface area contributed by atoms with Gasteiger partial charge in [0, 0.05) is 38.3 Å². The highest BCUT2D eigenvalue weighted by atomic mass is 19.4. The number of hydrogen-bond donors (Lipinski definition) is 3. The molecule has 2 amide bonds. The third-order valence-corrected chi connectivity index (χ3v) is 5.82. The van der Waals surface area contributed by atoms with Crippen LogP contribution in [0.1, 0.15) is 56.1 Å². The second kappa shape index (κ2) is 12.5. The van der Waals surface area contributed by atoms with Crippen molar-refractivity contribution in [2.45, 2.75) is 58.0 Å². The first kappa shape index (κ1) is 29.5. The van der Waals surface area contributed by atoms with Crippen molar-refractivity contribution in [2.75, 3.05) is 39.3 Å². The number of benzene rings is 1. The van der Waals surface area contributed by atoms with Crippen LogP contribution in [0.5, 0.6) is 0 Å². The summed E-state index contributed by atoms with van der Waals surface area (Å²) in [4.78, 5) is 29.0. The summed E-state index contributed by atoms with van der Waals surface area (Å²) < 4.78 is 41.9. The van der Waals surface area contributed by atoms with E-state index in [1.54, 1.807) is 38.7 Å². The quantitative estimate of drug-likeness (QED) is 0.417. The van der Waals surface area contributed by atoms with Gasteiger partial charge in [0.1, 0.15) is 12.6 Å².